The van der Waals surface area contributed by atoms with Crippen LogP contribution in [0.1, 0.15) is 5.56 Å². The van der Waals surface area contributed by atoms with Gasteiger partial charge in [0.2, 0.25) is 11.8 Å². The number of carboxylic acid groups (broad SMARTS) is 3. The molecule has 1 saturated heterocycles. The van der Waals surface area contributed by atoms with Crippen molar-refractivity contribution >= 4 is 39.2 Å². The number of carboxylic acids is 3. The number of hydrogen-bond acceptors (Lipinski definition) is 10. The fourth-order valence-electron chi connectivity index (χ4n) is 4.55. The molecule has 15 nitrogen and oxygen atoms in total. The van der Waals surface area contributed by atoms with E-state index in [2.05, 4.69) is 20.1 Å². The van der Waals surface area contributed by atoms with Gasteiger partial charge in [-0.25, -0.2) is 0 Å². The van der Waals surface area contributed by atoms with E-state index in [0.29, 0.717) is 18.8 Å². The summed E-state index contributed by atoms with van der Waals surface area (Å²) in [6.07, 6.45) is 0.244. The van der Waals surface area contributed by atoms with Crippen molar-refractivity contribution in [1.29, 1.82) is 0 Å². The van der Waals surface area contributed by atoms with Crippen LogP contribution in [0.25, 0.3) is 0 Å². The Morgan fingerprint density at radius 3 is 1.45 bits per heavy atom. The Morgan fingerprint density at radius 2 is 1.12 bits per heavy atom. The number of hydrogen-bond donors (Lipinski definition) is 5. The lowest BCUT2D eigenvalue weighted by atomic mass is 10.0. The average Bonchev–Trinajstić information content (AvgIpc) is 2.93. The minimum Gasteiger partial charge on any atom is -0.480 e. The number of nitrogens with one attached hydrogen (secondary N) is 2. The van der Waals surface area contributed by atoms with Crippen LogP contribution in [-0.4, -0.2) is 156 Å². The summed E-state index contributed by atoms with van der Waals surface area (Å²) in [7, 11) is 3.63. The topological polar surface area (TPSA) is 192 Å². The van der Waals surface area contributed by atoms with Gasteiger partial charge < -0.3 is 30.5 Å². The summed E-state index contributed by atoms with van der Waals surface area (Å²) in [4.78, 5) is 66.8. The molecule has 1 aromatic rings. The third kappa shape index (κ3) is 13.5. The first-order chi connectivity index (χ1) is 20.0. The van der Waals surface area contributed by atoms with E-state index in [1.165, 1.54) is 7.05 Å². The Bertz CT molecular complexity index is 1030. The monoisotopic (exact) mass is 612 g/mol. The highest BCUT2D eigenvalue weighted by Crippen LogP contribution is 2.15. The molecule has 0 saturated carbocycles. The van der Waals surface area contributed by atoms with Crippen molar-refractivity contribution in [1.82, 2.24) is 30.2 Å². The molecule has 234 valence electrons. The maximum Gasteiger partial charge on any atom is 0.317 e. The molecule has 1 aromatic carbocycles. The first-order valence-corrected chi connectivity index (χ1v) is 14.0. The molecule has 16 heteroatoms. The number of nitrogens with zero attached hydrogens (tertiary/aromatic N) is 4. The first kappa shape index (κ1) is 34.8. The Kier molecular flexibility index (Phi) is 15.1. The molecule has 0 radical (unpaired) electrons. The quantitative estimate of drug-likeness (QED) is 0.155. The van der Waals surface area contributed by atoms with E-state index in [9.17, 15) is 39.3 Å². The van der Waals surface area contributed by atoms with Crippen LogP contribution in [-0.2, 0) is 30.4 Å². The van der Waals surface area contributed by atoms with Crippen LogP contribution in [0, 0.1) is 0 Å². The van der Waals surface area contributed by atoms with Gasteiger partial charge in [-0.3, -0.25) is 43.6 Å². The summed E-state index contributed by atoms with van der Waals surface area (Å²) in [6, 6.07) is 6.24. The predicted molar refractivity (Wildman–Crippen MR) is 155 cm³/mol. The van der Waals surface area contributed by atoms with Gasteiger partial charge in [-0.05, 0) is 17.7 Å². The molecule has 0 bridgehead atoms. The minimum absolute atomic E-state index is 0.0969. The molecule has 2 rings (SSSR count). The van der Waals surface area contributed by atoms with E-state index < -0.39 is 29.9 Å². The van der Waals surface area contributed by atoms with Crippen molar-refractivity contribution in [3.63, 3.8) is 0 Å². The maximum atomic E-state index is 13.1. The van der Waals surface area contributed by atoms with E-state index >= 15 is 0 Å². The molecule has 1 aliphatic heterocycles. The molecule has 1 fully saturated rings. The lowest BCUT2D eigenvalue weighted by Gasteiger charge is -2.33. The van der Waals surface area contributed by atoms with Crippen LogP contribution < -0.4 is 15.2 Å². The molecular formula is C26H41N6O9P. The van der Waals surface area contributed by atoms with Gasteiger partial charge >= 0.3 is 17.9 Å². The van der Waals surface area contributed by atoms with Gasteiger partial charge in [0.25, 0.3) is 0 Å². The summed E-state index contributed by atoms with van der Waals surface area (Å²) < 4.78 is 5.08. The Labute approximate surface area is 247 Å². The molecule has 1 heterocycles. The number of carbonyl (C=O) groups excluding carboxylic acids is 2. The molecule has 2 atom stereocenters. The molecule has 5 N–H and O–H groups in total. The molecule has 1 unspecified atom stereocenters. The van der Waals surface area contributed by atoms with Crippen LogP contribution in [0.3, 0.4) is 0 Å². The zero-order chi connectivity index (χ0) is 31.1. The summed E-state index contributed by atoms with van der Waals surface area (Å²) >= 11 is 0. The number of likely N-dealkylation sites (N-methyl/N-ethyl adjacent to an activating group) is 1. The minimum atomic E-state index is -1.03. The highest BCUT2D eigenvalue weighted by molar-refractivity contribution is 7.10. The van der Waals surface area contributed by atoms with Crippen LogP contribution in [0.2, 0.25) is 0 Å². The molecule has 0 aromatic heterocycles. The van der Waals surface area contributed by atoms with Crippen LogP contribution in [0.5, 0.6) is 5.75 Å². The highest BCUT2D eigenvalue weighted by atomic mass is 31.0. The first-order valence-electron chi connectivity index (χ1n) is 13.5. The number of amides is 2. The van der Waals surface area contributed by atoms with Gasteiger partial charge in [0.15, 0.2) is 0 Å². The van der Waals surface area contributed by atoms with Gasteiger partial charge in [0.05, 0.1) is 35.6 Å². The third-order valence-corrected chi connectivity index (χ3v) is 7.04. The third-order valence-electron chi connectivity index (χ3n) is 6.77. The van der Waals surface area contributed by atoms with Gasteiger partial charge in [0, 0.05) is 65.8 Å². The van der Waals surface area contributed by atoms with Gasteiger partial charge in [0.1, 0.15) is 11.8 Å². The summed E-state index contributed by atoms with van der Waals surface area (Å²) in [6.45, 7) is 1.38. The zero-order valence-corrected chi connectivity index (χ0v) is 24.9. The van der Waals surface area contributed by atoms with Crippen molar-refractivity contribution < 1.29 is 43.8 Å². The van der Waals surface area contributed by atoms with E-state index in [0.717, 1.165) is 5.56 Å². The molecule has 0 spiro atoms. The van der Waals surface area contributed by atoms with Gasteiger partial charge in [-0.2, -0.15) is 0 Å². The smallest absolute Gasteiger partial charge is 0.317 e. The normalized spacial score (nSPS) is 17.3. The number of carbonyl (C=O) groups is 5. The van der Waals surface area contributed by atoms with Gasteiger partial charge in [-0.15, -0.1) is 0 Å². The van der Waals surface area contributed by atoms with E-state index in [1.807, 2.05) is 0 Å². The number of aliphatic carboxylic acids is 3. The van der Waals surface area contributed by atoms with Crippen LogP contribution in [0.15, 0.2) is 24.3 Å². The lowest BCUT2D eigenvalue weighted by Crippen LogP contribution is -2.52. The van der Waals surface area contributed by atoms with Crippen LogP contribution >= 0.6 is 9.47 Å². The van der Waals surface area contributed by atoms with Crippen molar-refractivity contribution in [2.45, 2.75) is 12.5 Å². The van der Waals surface area contributed by atoms with Crippen molar-refractivity contribution in [3.8, 4) is 5.75 Å². The molecular weight excluding hydrogens is 571 g/mol. The standard InChI is InChI=1S/C26H41N6O9P/c1-27-26(40)21(14-19-2-4-20(41-42)5-3-19)28-22(33)15-29-6-8-30(16-23(34)35)10-12-32(18-25(38)39)13-11-31(9-7-29)17-24(36)37/h2-5,21H,6-18,42H2,1H3,(H,27,40)(H,28,33)(H,34,35)(H,36,37)(H,38,39)/t21-/m1/s1. The number of benzene rings is 1. The Balaban J connectivity index is 2.16. The lowest BCUT2D eigenvalue weighted by molar-refractivity contribution is -0.140. The second-order valence-electron chi connectivity index (χ2n) is 9.99. The molecule has 0 aliphatic carbocycles. The summed E-state index contributed by atoms with van der Waals surface area (Å²) in [5.41, 5.74) is 0.812. The summed E-state index contributed by atoms with van der Waals surface area (Å²) in [5, 5.41) is 33.4. The fourth-order valence-corrected chi connectivity index (χ4v) is 4.71. The van der Waals surface area contributed by atoms with Crippen molar-refractivity contribution in [2.24, 2.45) is 0 Å². The molecule has 1 aliphatic rings. The van der Waals surface area contributed by atoms with E-state index in [-0.39, 0.29) is 77.8 Å². The SMILES string of the molecule is CNC(=O)[C@@H](Cc1ccc(OP)cc1)NC(=O)CN1CCN(CC(=O)O)CCN(CC(=O)O)CCN(CC(=O)O)CC1. The largest absolute Gasteiger partial charge is 0.480 e. The Hall–Kier alpha value is -3.36. The highest BCUT2D eigenvalue weighted by Gasteiger charge is 2.24. The second kappa shape index (κ2) is 18.2. The second-order valence-corrected chi connectivity index (χ2v) is 10.2. The van der Waals surface area contributed by atoms with Gasteiger partial charge in [-0.1, -0.05) is 12.1 Å². The van der Waals surface area contributed by atoms with Crippen LogP contribution in [0.4, 0.5) is 0 Å². The Morgan fingerprint density at radius 1 is 0.738 bits per heavy atom. The number of rotatable bonds is 13. The zero-order valence-electron chi connectivity index (χ0n) is 23.7. The average molecular weight is 613 g/mol. The molecule has 42 heavy (non-hydrogen) atoms. The predicted octanol–water partition coefficient (Wildman–Crippen LogP) is -1.90. The summed E-state index contributed by atoms with van der Waals surface area (Å²) in [5.74, 6) is -3.25. The van der Waals surface area contributed by atoms with Crippen molar-refractivity contribution in [3.05, 3.63) is 29.8 Å². The fraction of sp³-hybridized carbons (Fsp3) is 0.577. The van der Waals surface area contributed by atoms with E-state index in [4.69, 9.17) is 4.52 Å². The van der Waals surface area contributed by atoms with E-state index in [1.54, 1.807) is 43.9 Å². The van der Waals surface area contributed by atoms with Crippen molar-refractivity contribution in [2.75, 3.05) is 85.6 Å². The molecule has 2 amide bonds. The maximum absolute atomic E-state index is 13.1.